The third-order valence-electron chi connectivity index (χ3n) is 6.55. The van der Waals surface area contributed by atoms with Crippen molar-refractivity contribution in [1.82, 2.24) is 20.1 Å². The summed E-state index contributed by atoms with van der Waals surface area (Å²) in [6.07, 6.45) is 3.15. The Balaban J connectivity index is 1.50. The lowest BCUT2D eigenvalue weighted by Crippen LogP contribution is -2.44. The predicted octanol–water partition coefficient (Wildman–Crippen LogP) is 5.36. The molecule has 0 atom stereocenters. The normalized spacial score (nSPS) is 15.6. The molecular formula is C26H27FN4O2S. The second-order valence-electron chi connectivity index (χ2n) is 9.04. The summed E-state index contributed by atoms with van der Waals surface area (Å²) >= 11 is 1.58. The highest BCUT2D eigenvalue weighted by Gasteiger charge is 2.35. The quantitative estimate of drug-likeness (QED) is 0.405. The molecule has 0 unspecified atom stereocenters. The Morgan fingerprint density at radius 3 is 2.76 bits per heavy atom. The number of hydrogen-bond donors (Lipinski definition) is 1. The first-order valence-corrected chi connectivity index (χ1v) is 12.4. The number of amides is 1. The molecule has 5 rings (SSSR count). The van der Waals surface area contributed by atoms with E-state index in [1.165, 1.54) is 6.07 Å². The number of aromatic nitrogens is 3. The van der Waals surface area contributed by atoms with Crippen LogP contribution in [0.4, 0.5) is 4.39 Å². The van der Waals surface area contributed by atoms with Gasteiger partial charge in [-0.3, -0.25) is 4.79 Å². The topological polar surface area (TPSA) is 69.0 Å². The Hall–Kier alpha value is -3.10. The molecule has 1 aliphatic rings. The summed E-state index contributed by atoms with van der Waals surface area (Å²) in [6, 6.07) is 12.6. The SMILES string of the molecule is CC(C)n1ncc2c(C(=O)NCC3(c4cccc(F)c4)CCOCC3)cc(-c3cccs3)nc21. The van der Waals surface area contributed by atoms with Crippen molar-refractivity contribution >= 4 is 28.3 Å². The van der Waals surface area contributed by atoms with E-state index >= 15 is 0 Å². The van der Waals surface area contributed by atoms with E-state index in [2.05, 4.69) is 10.4 Å². The van der Waals surface area contributed by atoms with Crippen molar-refractivity contribution in [2.75, 3.05) is 19.8 Å². The zero-order chi connectivity index (χ0) is 23.7. The van der Waals surface area contributed by atoms with E-state index in [9.17, 15) is 9.18 Å². The van der Waals surface area contributed by atoms with Crippen LogP contribution in [0.2, 0.25) is 0 Å². The number of carbonyl (C=O) groups is 1. The number of halogens is 1. The first-order chi connectivity index (χ1) is 16.5. The zero-order valence-corrected chi connectivity index (χ0v) is 20.1. The van der Waals surface area contributed by atoms with Gasteiger partial charge in [0.15, 0.2) is 5.65 Å². The Kier molecular flexibility index (Phi) is 6.18. The molecule has 1 fully saturated rings. The van der Waals surface area contributed by atoms with Gasteiger partial charge in [0.25, 0.3) is 5.91 Å². The summed E-state index contributed by atoms with van der Waals surface area (Å²) in [4.78, 5) is 19.4. The number of fused-ring (bicyclic) bond motifs is 1. The number of pyridine rings is 1. The fourth-order valence-corrected chi connectivity index (χ4v) is 5.31. The number of nitrogens with zero attached hydrogens (tertiary/aromatic N) is 3. The number of benzene rings is 1. The highest BCUT2D eigenvalue weighted by molar-refractivity contribution is 7.13. The maximum atomic E-state index is 14.0. The van der Waals surface area contributed by atoms with Crippen molar-refractivity contribution in [1.29, 1.82) is 0 Å². The van der Waals surface area contributed by atoms with Crippen LogP contribution in [0.1, 0.15) is 48.7 Å². The second-order valence-corrected chi connectivity index (χ2v) is 9.99. The highest BCUT2D eigenvalue weighted by atomic mass is 32.1. The van der Waals surface area contributed by atoms with Crippen molar-refractivity contribution < 1.29 is 13.9 Å². The smallest absolute Gasteiger partial charge is 0.252 e. The summed E-state index contributed by atoms with van der Waals surface area (Å²) < 4.78 is 21.5. The van der Waals surface area contributed by atoms with Crippen molar-refractivity contribution in [3.8, 4) is 10.6 Å². The summed E-state index contributed by atoms with van der Waals surface area (Å²) in [5.74, 6) is -0.456. The fraction of sp³-hybridized carbons (Fsp3) is 0.346. The van der Waals surface area contributed by atoms with E-state index in [4.69, 9.17) is 9.72 Å². The second kappa shape index (κ2) is 9.27. The average molecular weight is 479 g/mol. The maximum Gasteiger partial charge on any atom is 0.252 e. The number of carbonyl (C=O) groups excluding carboxylic acids is 1. The van der Waals surface area contributed by atoms with Gasteiger partial charge in [0.05, 0.1) is 27.7 Å². The minimum absolute atomic E-state index is 0.109. The summed E-state index contributed by atoms with van der Waals surface area (Å²) in [7, 11) is 0. The van der Waals surface area contributed by atoms with Gasteiger partial charge in [-0.2, -0.15) is 5.10 Å². The average Bonchev–Trinajstić information content (AvgIpc) is 3.53. The summed E-state index contributed by atoms with van der Waals surface area (Å²) in [5.41, 5.74) is 2.50. The standard InChI is InChI=1S/C26H27FN4O2S/c1-17(2)31-24-21(15-29-31)20(14-22(30-24)23-7-4-12-34-23)25(32)28-16-26(8-10-33-11-9-26)18-5-3-6-19(27)13-18/h3-7,12-15,17H,8-11,16H2,1-2H3,(H,28,32). The molecule has 1 aromatic carbocycles. The van der Waals surface area contributed by atoms with Gasteiger partial charge in [-0.25, -0.2) is 14.1 Å². The Labute approximate surface area is 201 Å². The Bertz CT molecular complexity index is 1310. The van der Waals surface area contributed by atoms with E-state index in [0.717, 1.165) is 21.5 Å². The highest BCUT2D eigenvalue weighted by Crippen LogP contribution is 2.35. The molecule has 0 spiro atoms. The van der Waals surface area contributed by atoms with E-state index in [1.54, 1.807) is 29.7 Å². The first-order valence-electron chi connectivity index (χ1n) is 11.5. The molecule has 1 N–H and O–H groups in total. The summed E-state index contributed by atoms with van der Waals surface area (Å²) in [5, 5.41) is 10.4. The zero-order valence-electron chi connectivity index (χ0n) is 19.3. The summed E-state index contributed by atoms with van der Waals surface area (Å²) in [6.45, 7) is 5.64. The van der Waals surface area contributed by atoms with E-state index in [1.807, 2.05) is 48.2 Å². The molecule has 34 heavy (non-hydrogen) atoms. The molecule has 1 amide bonds. The van der Waals surface area contributed by atoms with Crippen LogP contribution in [0.15, 0.2) is 54.0 Å². The van der Waals surface area contributed by atoms with Gasteiger partial charge < -0.3 is 10.1 Å². The van der Waals surface area contributed by atoms with Crippen LogP contribution in [0.5, 0.6) is 0 Å². The molecule has 6 nitrogen and oxygen atoms in total. The Morgan fingerprint density at radius 1 is 1.24 bits per heavy atom. The van der Waals surface area contributed by atoms with Crippen LogP contribution >= 0.6 is 11.3 Å². The van der Waals surface area contributed by atoms with Gasteiger partial charge >= 0.3 is 0 Å². The minimum Gasteiger partial charge on any atom is -0.381 e. The molecular weight excluding hydrogens is 451 g/mol. The van der Waals surface area contributed by atoms with E-state index in [-0.39, 0.29) is 23.2 Å². The van der Waals surface area contributed by atoms with Crippen molar-refractivity contribution in [3.63, 3.8) is 0 Å². The Morgan fingerprint density at radius 2 is 2.06 bits per heavy atom. The van der Waals surface area contributed by atoms with E-state index < -0.39 is 0 Å². The molecule has 176 valence electrons. The molecule has 0 saturated carbocycles. The number of thiophene rings is 1. The van der Waals surface area contributed by atoms with Gasteiger partial charge in [0.1, 0.15) is 5.82 Å². The van der Waals surface area contributed by atoms with Crippen LogP contribution in [0, 0.1) is 5.82 Å². The van der Waals surface area contributed by atoms with Gasteiger partial charge in [0, 0.05) is 31.2 Å². The minimum atomic E-state index is -0.374. The third kappa shape index (κ3) is 4.23. The predicted molar refractivity (Wildman–Crippen MR) is 132 cm³/mol. The van der Waals surface area contributed by atoms with Gasteiger partial charge in [0.2, 0.25) is 0 Å². The molecule has 3 aromatic heterocycles. The molecule has 0 aliphatic carbocycles. The third-order valence-corrected chi connectivity index (χ3v) is 7.44. The number of nitrogens with one attached hydrogen (secondary N) is 1. The van der Waals surface area contributed by atoms with Crippen LogP contribution in [0.3, 0.4) is 0 Å². The lowest BCUT2D eigenvalue weighted by atomic mass is 9.74. The van der Waals surface area contributed by atoms with Crippen LogP contribution in [0.25, 0.3) is 21.6 Å². The lowest BCUT2D eigenvalue weighted by Gasteiger charge is -2.38. The molecule has 4 heterocycles. The largest absolute Gasteiger partial charge is 0.381 e. The van der Waals surface area contributed by atoms with Crippen LogP contribution < -0.4 is 5.32 Å². The van der Waals surface area contributed by atoms with E-state index in [0.29, 0.717) is 43.8 Å². The van der Waals surface area contributed by atoms with Gasteiger partial charge in [-0.05, 0) is 61.9 Å². The van der Waals surface area contributed by atoms with Crippen molar-refractivity contribution in [2.24, 2.45) is 0 Å². The molecule has 1 saturated heterocycles. The number of rotatable bonds is 6. The molecule has 1 aliphatic heterocycles. The lowest BCUT2D eigenvalue weighted by molar-refractivity contribution is 0.0486. The van der Waals surface area contributed by atoms with Crippen LogP contribution in [-0.4, -0.2) is 40.4 Å². The number of hydrogen-bond acceptors (Lipinski definition) is 5. The maximum absolute atomic E-state index is 14.0. The fourth-order valence-electron chi connectivity index (χ4n) is 4.63. The first kappa shape index (κ1) is 22.7. The van der Waals surface area contributed by atoms with Gasteiger partial charge in [-0.1, -0.05) is 18.2 Å². The van der Waals surface area contributed by atoms with Crippen molar-refractivity contribution in [2.45, 2.75) is 38.1 Å². The monoisotopic (exact) mass is 478 g/mol. The molecule has 0 radical (unpaired) electrons. The van der Waals surface area contributed by atoms with Crippen LogP contribution in [-0.2, 0) is 10.2 Å². The molecule has 0 bridgehead atoms. The van der Waals surface area contributed by atoms with Gasteiger partial charge in [-0.15, -0.1) is 11.3 Å². The number of ether oxygens (including phenoxy) is 1. The molecule has 8 heteroatoms. The van der Waals surface area contributed by atoms with Crippen molar-refractivity contribution in [3.05, 3.63) is 71.0 Å². The molecule has 4 aromatic rings.